The second kappa shape index (κ2) is 6.10. The molecule has 1 N–H and O–H groups in total. The van der Waals surface area contributed by atoms with Gasteiger partial charge in [0.25, 0.3) is 5.91 Å². The number of halogens is 2. The Morgan fingerprint density at radius 1 is 1.30 bits per heavy atom. The third kappa shape index (κ3) is 3.28. The summed E-state index contributed by atoms with van der Waals surface area (Å²) in [6.45, 7) is 0.129. The van der Waals surface area contributed by atoms with Gasteiger partial charge in [0.1, 0.15) is 0 Å². The lowest BCUT2D eigenvalue weighted by atomic mass is 10.2. The van der Waals surface area contributed by atoms with E-state index in [1.54, 1.807) is 6.07 Å². The molecule has 0 aliphatic heterocycles. The maximum absolute atomic E-state index is 13.5. The molecule has 0 saturated heterocycles. The van der Waals surface area contributed by atoms with Crippen molar-refractivity contribution in [2.24, 2.45) is 0 Å². The van der Waals surface area contributed by atoms with Crippen molar-refractivity contribution >= 4 is 5.91 Å². The number of benzene rings is 1. The fourth-order valence-electron chi connectivity index (χ4n) is 1.65. The van der Waals surface area contributed by atoms with E-state index in [1.165, 1.54) is 31.5 Å². The van der Waals surface area contributed by atoms with Gasteiger partial charge < -0.3 is 10.1 Å². The molecule has 1 heterocycles. The topological polar surface area (TPSA) is 51.2 Å². The highest BCUT2D eigenvalue weighted by Crippen LogP contribution is 2.17. The van der Waals surface area contributed by atoms with Crippen molar-refractivity contribution in [2.45, 2.75) is 6.54 Å². The standard InChI is InChI=1S/C14H12F2N2O2/c1-20-12-3-2-9(6-11(12)15)8-18-14(19)10-4-5-17-13(16)7-10/h2-7H,8H2,1H3,(H,18,19). The van der Waals surface area contributed by atoms with Crippen LogP contribution in [0, 0.1) is 11.8 Å². The second-order valence-electron chi connectivity index (χ2n) is 4.02. The highest BCUT2D eigenvalue weighted by molar-refractivity contribution is 5.93. The summed E-state index contributed by atoms with van der Waals surface area (Å²) in [7, 11) is 1.37. The summed E-state index contributed by atoms with van der Waals surface area (Å²) in [6.07, 6.45) is 1.21. The van der Waals surface area contributed by atoms with Crippen molar-refractivity contribution in [1.82, 2.24) is 10.3 Å². The first kappa shape index (κ1) is 13.9. The van der Waals surface area contributed by atoms with Gasteiger partial charge in [-0.05, 0) is 23.8 Å². The lowest BCUT2D eigenvalue weighted by Gasteiger charge is -2.07. The number of ether oxygens (including phenoxy) is 1. The number of carbonyl (C=O) groups is 1. The van der Waals surface area contributed by atoms with Crippen molar-refractivity contribution in [3.05, 3.63) is 59.4 Å². The lowest BCUT2D eigenvalue weighted by molar-refractivity contribution is 0.0950. The van der Waals surface area contributed by atoms with Gasteiger partial charge in [-0.2, -0.15) is 4.39 Å². The zero-order valence-corrected chi connectivity index (χ0v) is 10.7. The Labute approximate surface area is 114 Å². The van der Waals surface area contributed by atoms with E-state index in [-0.39, 0.29) is 17.9 Å². The van der Waals surface area contributed by atoms with E-state index in [1.807, 2.05) is 0 Å². The van der Waals surface area contributed by atoms with Crippen LogP contribution in [0.25, 0.3) is 0 Å². The number of amides is 1. The van der Waals surface area contributed by atoms with Gasteiger partial charge in [-0.15, -0.1) is 0 Å². The Hall–Kier alpha value is -2.50. The monoisotopic (exact) mass is 278 g/mol. The second-order valence-corrected chi connectivity index (χ2v) is 4.02. The summed E-state index contributed by atoms with van der Waals surface area (Å²) in [6, 6.07) is 6.81. The highest BCUT2D eigenvalue weighted by atomic mass is 19.1. The van der Waals surface area contributed by atoms with Crippen molar-refractivity contribution in [2.75, 3.05) is 7.11 Å². The third-order valence-electron chi connectivity index (χ3n) is 2.66. The zero-order valence-electron chi connectivity index (χ0n) is 10.7. The number of aromatic nitrogens is 1. The highest BCUT2D eigenvalue weighted by Gasteiger charge is 2.08. The van der Waals surface area contributed by atoms with Gasteiger partial charge in [0.05, 0.1) is 7.11 Å². The maximum Gasteiger partial charge on any atom is 0.251 e. The summed E-state index contributed by atoms with van der Waals surface area (Å²) in [5, 5.41) is 2.57. The first-order valence-corrected chi connectivity index (χ1v) is 5.82. The van der Waals surface area contributed by atoms with Crippen LogP contribution < -0.4 is 10.1 Å². The number of pyridine rings is 1. The molecule has 1 amide bonds. The van der Waals surface area contributed by atoms with Crippen LogP contribution in [0.4, 0.5) is 8.78 Å². The van der Waals surface area contributed by atoms with Crippen molar-refractivity contribution in [1.29, 1.82) is 0 Å². The van der Waals surface area contributed by atoms with Crippen LogP contribution in [0.1, 0.15) is 15.9 Å². The fraction of sp³-hybridized carbons (Fsp3) is 0.143. The number of nitrogens with zero attached hydrogens (tertiary/aromatic N) is 1. The number of methoxy groups -OCH3 is 1. The number of hydrogen-bond donors (Lipinski definition) is 1. The third-order valence-corrected chi connectivity index (χ3v) is 2.66. The zero-order chi connectivity index (χ0) is 14.5. The molecule has 2 rings (SSSR count). The van der Waals surface area contributed by atoms with E-state index in [9.17, 15) is 13.6 Å². The molecule has 0 atom stereocenters. The number of carbonyl (C=O) groups excluding carboxylic acids is 1. The normalized spacial score (nSPS) is 10.2. The van der Waals surface area contributed by atoms with Gasteiger partial charge in [0.15, 0.2) is 11.6 Å². The predicted octanol–water partition coefficient (Wildman–Crippen LogP) is 2.30. The Bertz CT molecular complexity index is 632. The van der Waals surface area contributed by atoms with Crippen LogP contribution in [0.3, 0.4) is 0 Å². The lowest BCUT2D eigenvalue weighted by Crippen LogP contribution is -2.23. The minimum absolute atomic E-state index is 0.129. The molecular weight excluding hydrogens is 266 g/mol. The van der Waals surface area contributed by atoms with Gasteiger partial charge in [-0.3, -0.25) is 4.79 Å². The van der Waals surface area contributed by atoms with E-state index >= 15 is 0 Å². The molecule has 2 aromatic rings. The van der Waals surface area contributed by atoms with E-state index in [0.29, 0.717) is 5.56 Å². The van der Waals surface area contributed by atoms with Gasteiger partial charge in [-0.25, -0.2) is 9.37 Å². The van der Waals surface area contributed by atoms with Crippen LogP contribution in [-0.4, -0.2) is 18.0 Å². The van der Waals surface area contributed by atoms with Crippen LogP contribution in [0.5, 0.6) is 5.75 Å². The van der Waals surface area contributed by atoms with Gasteiger partial charge in [-0.1, -0.05) is 6.07 Å². The van der Waals surface area contributed by atoms with E-state index in [4.69, 9.17) is 4.74 Å². The minimum atomic E-state index is -0.729. The molecule has 0 unspecified atom stereocenters. The maximum atomic E-state index is 13.5. The van der Waals surface area contributed by atoms with Crippen molar-refractivity contribution in [3.8, 4) is 5.75 Å². The van der Waals surface area contributed by atoms with Crippen molar-refractivity contribution < 1.29 is 18.3 Å². The largest absolute Gasteiger partial charge is 0.494 e. The molecule has 1 aromatic carbocycles. The molecule has 0 spiro atoms. The minimum Gasteiger partial charge on any atom is -0.494 e. The van der Waals surface area contributed by atoms with Crippen LogP contribution in [-0.2, 0) is 6.54 Å². The van der Waals surface area contributed by atoms with Crippen molar-refractivity contribution in [3.63, 3.8) is 0 Å². The summed E-state index contributed by atoms with van der Waals surface area (Å²) in [5.41, 5.74) is 0.734. The predicted molar refractivity (Wildman–Crippen MR) is 68.3 cm³/mol. The summed E-state index contributed by atoms with van der Waals surface area (Å²) >= 11 is 0. The fourth-order valence-corrected chi connectivity index (χ4v) is 1.65. The number of rotatable bonds is 4. The molecular formula is C14H12F2N2O2. The van der Waals surface area contributed by atoms with Gasteiger partial charge in [0, 0.05) is 24.4 Å². The average molecular weight is 278 g/mol. The van der Waals surface area contributed by atoms with Gasteiger partial charge >= 0.3 is 0 Å². The number of nitrogens with one attached hydrogen (secondary N) is 1. The SMILES string of the molecule is COc1ccc(CNC(=O)c2ccnc(F)c2)cc1F. The number of hydrogen-bond acceptors (Lipinski definition) is 3. The first-order valence-electron chi connectivity index (χ1n) is 5.82. The quantitative estimate of drug-likeness (QED) is 0.873. The molecule has 0 radical (unpaired) electrons. The summed E-state index contributed by atoms with van der Waals surface area (Å²) in [5.74, 6) is -1.55. The molecule has 104 valence electrons. The van der Waals surface area contributed by atoms with E-state index in [0.717, 1.165) is 6.07 Å². The molecule has 0 aliphatic rings. The Balaban J connectivity index is 2.02. The molecule has 6 heteroatoms. The van der Waals surface area contributed by atoms with Crippen LogP contribution in [0.15, 0.2) is 36.5 Å². The smallest absolute Gasteiger partial charge is 0.251 e. The first-order chi connectivity index (χ1) is 9.60. The molecule has 1 aromatic heterocycles. The Morgan fingerprint density at radius 2 is 2.10 bits per heavy atom. The molecule has 0 saturated carbocycles. The van der Waals surface area contributed by atoms with Crippen LogP contribution in [0.2, 0.25) is 0 Å². The average Bonchev–Trinajstić information content (AvgIpc) is 2.45. The van der Waals surface area contributed by atoms with E-state index < -0.39 is 17.7 Å². The Kier molecular flexibility index (Phi) is 4.24. The molecule has 0 bridgehead atoms. The molecule has 20 heavy (non-hydrogen) atoms. The molecule has 4 nitrogen and oxygen atoms in total. The van der Waals surface area contributed by atoms with Crippen LogP contribution >= 0.6 is 0 Å². The Morgan fingerprint density at radius 3 is 2.75 bits per heavy atom. The van der Waals surface area contributed by atoms with Gasteiger partial charge in [0.2, 0.25) is 5.95 Å². The van der Waals surface area contributed by atoms with E-state index in [2.05, 4.69) is 10.3 Å². The summed E-state index contributed by atoms with van der Waals surface area (Å²) in [4.78, 5) is 15.1. The summed E-state index contributed by atoms with van der Waals surface area (Å²) < 4.78 is 31.1. The molecule has 0 fully saturated rings. The molecule has 0 aliphatic carbocycles.